The second-order valence-electron chi connectivity index (χ2n) is 5.32. The van der Waals surface area contributed by atoms with Crippen LogP contribution >= 0.6 is 0 Å². The Hall–Kier alpha value is -0.130. The first-order valence-electron chi connectivity index (χ1n) is 8.14. The van der Waals surface area contributed by atoms with Gasteiger partial charge in [-0.25, -0.2) is 8.42 Å². The molecule has 0 aliphatic carbocycles. The number of hydrogen-bond donors (Lipinski definition) is 0. The van der Waals surface area contributed by atoms with Gasteiger partial charge in [0.1, 0.15) is 10.1 Å². The molecule has 0 atom stereocenters. The molecule has 1 aromatic rings. The van der Waals surface area contributed by atoms with Crippen LogP contribution in [0.5, 0.6) is 0 Å². The minimum Gasteiger partial charge on any atom is -0.744 e. The summed E-state index contributed by atoms with van der Waals surface area (Å²) in [5.41, 5.74) is 0. The monoisotopic (exact) mass is 348 g/mol. The summed E-state index contributed by atoms with van der Waals surface area (Å²) in [6.07, 6.45) is 14.5. The maximum absolute atomic E-state index is 10.3. The van der Waals surface area contributed by atoms with Crippen LogP contribution in [0.25, 0.3) is 0 Å². The van der Waals surface area contributed by atoms with Gasteiger partial charge in [-0.2, -0.15) is 0 Å². The van der Waals surface area contributed by atoms with Crippen molar-refractivity contribution < 1.29 is 42.5 Å². The summed E-state index contributed by atoms with van der Waals surface area (Å²) >= 11 is 0. The van der Waals surface area contributed by atoms with E-state index in [4.69, 9.17) is 0 Å². The van der Waals surface area contributed by atoms with Crippen LogP contribution in [0.2, 0.25) is 0 Å². The second-order valence-corrected chi connectivity index (χ2v) is 6.70. The summed E-state index contributed by atoms with van der Waals surface area (Å²) in [5.74, 6) is 0. The van der Waals surface area contributed by atoms with E-state index in [0.717, 1.165) is 0 Å². The Morgan fingerprint density at radius 2 is 1.43 bits per heavy atom. The van der Waals surface area contributed by atoms with Gasteiger partial charge >= 0.3 is 29.6 Å². The van der Waals surface area contributed by atoms with Crippen molar-refractivity contribution in [3.8, 4) is 0 Å². The van der Waals surface area contributed by atoms with Crippen molar-refractivity contribution in [2.75, 3.05) is 0 Å². The predicted molar refractivity (Wildman–Crippen MR) is 91.8 cm³/mol. The standard InChI is InChI=1S/C12H24.C6H6O3S.Na/c1-3-5-7-9-11-12-10-8-6-4-2;7-10(8,9)6-4-2-1-3-5-6;/h3H,1,4-12H2,2H3;1-5H,(H,7,8,9);/q;;+1/p-1. The Kier molecular flexibility index (Phi) is 18.3. The molecular weight excluding hydrogens is 319 g/mol. The summed E-state index contributed by atoms with van der Waals surface area (Å²) in [5, 5.41) is 0. The van der Waals surface area contributed by atoms with Gasteiger partial charge in [-0.1, -0.05) is 76.1 Å². The van der Waals surface area contributed by atoms with Gasteiger partial charge in [0, 0.05) is 0 Å². The Morgan fingerprint density at radius 1 is 0.957 bits per heavy atom. The Labute approximate surface area is 164 Å². The largest absolute Gasteiger partial charge is 1.00 e. The molecule has 0 unspecified atom stereocenters. The van der Waals surface area contributed by atoms with Gasteiger partial charge in [0.2, 0.25) is 0 Å². The Balaban J connectivity index is 0. The fourth-order valence-corrected chi connectivity index (χ4v) is 2.50. The van der Waals surface area contributed by atoms with Crippen LogP contribution in [0.3, 0.4) is 0 Å². The summed E-state index contributed by atoms with van der Waals surface area (Å²) < 4.78 is 30.8. The maximum Gasteiger partial charge on any atom is 1.00 e. The van der Waals surface area contributed by atoms with Gasteiger partial charge in [0.15, 0.2) is 0 Å². The topological polar surface area (TPSA) is 57.2 Å². The van der Waals surface area contributed by atoms with E-state index in [1.807, 2.05) is 6.08 Å². The fraction of sp³-hybridized carbons (Fsp3) is 0.556. The molecule has 1 aromatic carbocycles. The molecule has 0 saturated carbocycles. The average molecular weight is 348 g/mol. The van der Waals surface area contributed by atoms with E-state index >= 15 is 0 Å². The van der Waals surface area contributed by atoms with Crippen LogP contribution in [0, 0.1) is 0 Å². The molecule has 0 fully saturated rings. The molecule has 0 heterocycles. The van der Waals surface area contributed by atoms with E-state index in [0.29, 0.717) is 0 Å². The third-order valence-corrected chi connectivity index (χ3v) is 4.14. The van der Waals surface area contributed by atoms with Crippen molar-refractivity contribution >= 4 is 10.1 Å². The van der Waals surface area contributed by atoms with E-state index in [-0.39, 0.29) is 34.5 Å². The van der Waals surface area contributed by atoms with E-state index in [1.54, 1.807) is 6.07 Å². The first-order valence-corrected chi connectivity index (χ1v) is 9.55. The normalized spacial score (nSPS) is 10.2. The second kappa shape index (κ2) is 16.7. The molecule has 0 aromatic heterocycles. The minimum atomic E-state index is -4.25. The van der Waals surface area contributed by atoms with Crippen molar-refractivity contribution in [3.05, 3.63) is 43.0 Å². The Bertz CT molecular complexity index is 472. The van der Waals surface area contributed by atoms with Crippen molar-refractivity contribution in [1.82, 2.24) is 0 Å². The zero-order valence-corrected chi connectivity index (χ0v) is 17.5. The van der Waals surface area contributed by atoms with Gasteiger partial charge in [0.05, 0.1) is 4.90 Å². The summed E-state index contributed by atoms with van der Waals surface area (Å²) in [6.45, 7) is 5.99. The van der Waals surface area contributed by atoms with Gasteiger partial charge < -0.3 is 4.55 Å². The number of benzene rings is 1. The zero-order chi connectivity index (χ0) is 16.7. The molecule has 0 aliphatic rings. The smallest absolute Gasteiger partial charge is 0.744 e. The molecule has 1 rings (SSSR count). The van der Waals surface area contributed by atoms with Crippen molar-refractivity contribution in [1.29, 1.82) is 0 Å². The van der Waals surface area contributed by atoms with E-state index < -0.39 is 10.1 Å². The molecule has 0 saturated heterocycles. The van der Waals surface area contributed by atoms with Gasteiger partial charge in [0.25, 0.3) is 0 Å². The summed E-state index contributed by atoms with van der Waals surface area (Å²) in [7, 11) is -4.25. The predicted octanol–water partition coefficient (Wildman–Crippen LogP) is 2.30. The summed E-state index contributed by atoms with van der Waals surface area (Å²) in [4.78, 5) is -0.185. The van der Waals surface area contributed by atoms with E-state index in [2.05, 4.69) is 13.5 Å². The molecule has 0 bridgehead atoms. The maximum atomic E-state index is 10.3. The zero-order valence-electron chi connectivity index (χ0n) is 14.7. The molecule has 0 spiro atoms. The van der Waals surface area contributed by atoms with Crippen LogP contribution in [0.4, 0.5) is 0 Å². The molecule has 0 amide bonds. The van der Waals surface area contributed by atoms with Gasteiger partial charge in [-0.15, -0.1) is 6.58 Å². The molecular formula is C18H29NaO3S. The molecule has 23 heavy (non-hydrogen) atoms. The molecule has 0 N–H and O–H groups in total. The summed E-state index contributed by atoms with van der Waals surface area (Å²) in [6, 6.07) is 7.19. The van der Waals surface area contributed by atoms with Crippen LogP contribution in [0.1, 0.15) is 64.7 Å². The van der Waals surface area contributed by atoms with E-state index in [9.17, 15) is 13.0 Å². The number of hydrogen-bond acceptors (Lipinski definition) is 3. The van der Waals surface area contributed by atoms with E-state index in [1.165, 1.54) is 82.1 Å². The van der Waals surface area contributed by atoms with Crippen LogP contribution in [-0.2, 0) is 10.1 Å². The SMILES string of the molecule is C=CCCCCCCCCCC.O=S(=O)([O-])c1ccccc1.[Na+]. The van der Waals surface area contributed by atoms with Crippen molar-refractivity contribution in [3.63, 3.8) is 0 Å². The van der Waals surface area contributed by atoms with Gasteiger partial charge in [-0.05, 0) is 25.0 Å². The molecule has 0 aliphatic heterocycles. The Morgan fingerprint density at radius 3 is 1.83 bits per heavy atom. The molecule has 126 valence electrons. The minimum absolute atomic E-state index is 0. The third-order valence-electron chi connectivity index (χ3n) is 3.29. The first-order chi connectivity index (χ1) is 10.5. The quantitative estimate of drug-likeness (QED) is 0.282. The average Bonchev–Trinajstić information content (AvgIpc) is 2.51. The van der Waals surface area contributed by atoms with Crippen molar-refractivity contribution in [2.24, 2.45) is 0 Å². The molecule has 3 nitrogen and oxygen atoms in total. The van der Waals surface area contributed by atoms with Crippen LogP contribution in [0.15, 0.2) is 47.9 Å². The molecule has 0 radical (unpaired) electrons. The van der Waals surface area contributed by atoms with Gasteiger partial charge in [-0.3, -0.25) is 0 Å². The fourth-order valence-electron chi connectivity index (χ4n) is 2.01. The van der Waals surface area contributed by atoms with Crippen LogP contribution < -0.4 is 29.6 Å². The number of allylic oxidation sites excluding steroid dienone is 1. The third kappa shape index (κ3) is 16.5. The van der Waals surface area contributed by atoms with Crippen LogP contribution in [-0.4, -0.2) is 13.0 Å². The number of rotatable bonds is 10. The molecule has 5 heteroatoms. The van der Waals surface area contributed by atoms with Crippen molar-refractivity contribution in [2.45, 2.75) is 69.6 Å². The first kappa shape index (κ1) is 25.1. The number of unbranched alkanes of at least 4 members (excludes halogenated alkanes) is 8.